The normalized spacial score (nSPS) is 27.6. The van der Waals surface area contributed by atoms with Gasteiger partial charge >= 0.3 is 11.9 Å². The van der Waals surface area contributed by atoms with E-state index in [2.05, 4.69) is 9.98 Å². The van der Waals surface area contributed by atoms with Crippen molar-refractivity contribution in [1.82, 2.24) is 0 Å². The Morgan fingerprint density at radius 3 is 2.14 bits per heavy atom. The van der Waals surface area contributed by atoms with Crippen LogP contribution in [0.2, 0.25) is 0 Å². The lowest BCUT2D eigenvalue weighted by Crippen LogP contribution is -2.51. The van der Waals surface area contributed by atoms with Gasteiger partial charge in [0.2, 0.25) is 0 Å². The largest absolute Gasteiger partial charge is 0.461 e. The van der Waals surface area contributed by atoms with Crippen LogP contribution in [-0.4, -0.2) is 40.7 Å². The van der Waals surface area contributed by atoms with Crippen molar-refractivity contribution < 1.29 is 27.8 Å². The molecule has 190 valence electrons. The molecule has 2 aromatic rings. The summed E-state index contributed by atoms with van der Waals surface area (Å²) < 4.78 is 37.3. The highest BCUT2D eigenvalue weighted by atomic mass is 35.5. The summed E-state index contributed by atoms with van der Waals surface area (Å²) in [5.74, 6) is -2.99. The van der Waals surface area contributed by atoms with Crippen LogP contribution in [0.15, 0.2) is 58.5 Å². The minimum Gasteiger partial charge on any atom is -0.461 e. The van der Waals surface area contributed by atoms with E-state index in [-0.39, 0.29) is 48.4 Å². The van der Waals surface area contributed by atoms with Crippen LogP contribution in [-0.2, 0) is 32.3 Å². The lowest BCUT2D eigenvalue weighted by atomic mass is 9.91. The number of carbonyl (C=O) groups is 2. The summed E-state index contributed by atoms with van der Waals surface area (Å²) in [4.78, 5) is 34.6. The molecule has 5 rings (SSSR count). The molecule has 0 radical (unpaired) electrons. The molecule has 2 aromatic carbocycles. The van der Waals surface area contributed by atoms with Gasteiger partial charge in [-0.15, -0.1) is 12.4 Å². The van der Waals surface area contributed by atoms with Gasteiger partial charge in [0.05, 0.1) is 12.5 Å². The number of hydrogen-bond donors (Lipinski definition) is 1. The van der Waals surface area contributed by atoms with Crippen molar-refractivity contribution in [3.8, 4) is 0 Å². The molecule has 0 saturated heterocycles. The molecule has 0 bridgehead atoms. The molecular formula is C25H24ClF2N3O4S. The Kier molecular flexibility index (Phi) is 7.77. The number of nitrogens with two attached hydrogens (primary N) is 1. The zero-order valence-corrected chi connectivity index (χ0v) is 20.6. The van der Waals surface area contributed by atoms with E-state index in [1.54, 1.807) is 18.3 Å². The maximum atomic E-state index is 13.2. The van der Waals surface area contributed by atoms with Crippen LogP contribution in [0.25, 0.3) is 0 Å². The summed E-state index contributed by atoms with van der Waals surface area (Å²) in [5, 5.41) is 0.448. The van der Waals surface area contributed by atoms with Crippen LogP contribution in [0.1, 0.15) is 17.5 Å². The van der Waals surface area contributed by atoms with Gasteiger partial charge in [-0.25, -0.2) is 13.8 Å². The first kappa shape index (κ1) is 26.2. The number of thioether (sulfide) groups is 1. The predicted octanol–water partition coefficient (Wildman–Crippen LogP) is 3.68. The van der Waals surface area contributed by atoms with Crippen LogP contribution in [0.4, 0.5) is 8.78 Å². The third-order valence-electron chi connectivity index (χ3n) is 6.63. The molecular weight excluding hydrogens is 512 g/mol. The molecule has 3 aliphatic rings. The van der Waals surface area contributed by atoms with Crippen LogP contribution in [0.3, 0.4) is 0 Å². The summed E-state index contributed by atoms with van der Waals surface area (Å²) in [6.45, 7) is 0.445. The Hall–Kier alpha value is -2.82. The highest BCUT2D eigenvalue weighted by Crippen LogP contribution is 2.65. The van der Waals surface area contributed by atoms with Gasteiger partial charge in [-0.2, -0.15) is 0 Å². The Bertz CT molecular complexity index is 1190. The molecule has 1 heterocycles. The van der Waals surface area contributed by atoms with Gasteiger partial charge in [0.25, 0.3) is 0 Å². The van der Waals surface area contributed by atoms with Crippen molar-refractivity contribution in [2.75, 3.05) is 6.54 Å². The fraction of sp³-hybridized carbons (Fsp3) is 0.360. The summed E-state index contributed by atoms with van der Waals surface area (Å²) in [6, 6.07) is 11.3. The Labute approximate surface area is 217 Å². The number of hydrogen-bond acceptors (Lipinski definition) is 8. The quantitative estimate of drug-likeness (QED) is 0.543. The zero-order chi connectivity index (χ0) is 24.6. The van der Waals surface area contributed by atoms with Crippen molar-refractivity contribution in [2.45, 2.75) is 30.4 Å². The first-order chi connectivity index (χ1) is 16.8. The molecule has 7 nitrogen and oxygen atoms in total. The van der Waals surface area contributed by atoms with Crippen molar-refractivity contribution >= 4 is 47.5 Å². The van der Waals surface area contributed by atoms with Crippen molar-refractivity contribution in [1.29, 1.82) is 0 Å². The van der Waals surface area contributed by atoms with E-state index in [4.69, 9.17) is 15.2 Å². The Morgan fingerprint density at radius 1 is 1.00 bits per heavy atom. The fourth-order valence-electron chi connectivity index (χ4n) is 4.89. The second kappa shape index (κ2) is 10.7. The molecule has 2 aliphatic carbocycles. The van der Waals surface area contributed by atoms with E-state index in [1.807, 2.05) is 0 Å². The lowest BCUT2D eigenvalue weighted by molar-refractivity contribution is -0.153. The molecule has 0 amide bonds. The van der Waals surface area contributed by atoms with Gasteiger partial charge < -0.3 is 15.2 Å². The summed E-state index contributed by atoms with van der Waals surface area (Å²) in [6.07, 6.45) is 2.01. The average molecular weight is 536 g/mol. The predicted molar refractivity (Wildman–Crippen MR) is 134 cm³/mol. The third-order valence-corrected chi connectivity index (χ3v) is 7.86. The Balaban J connectivity index is 0.00000304. The summed E-state index contributed by atoms with van der Waals surface area (Å²) in [5.41, 5.74) is 6.53. The van der Waals surface area contributed by atoms with Gasteiger partial charge in [0, 0.05) is 17.4 Å². The number of benzene rings is 2. The van der Waals surface area contributed by atoms with E-state index in [0.717, 1.165) is 0 Å². The number of esters is 2. The van der Waals surface area contributed by atoms with Crippen LogP contribution < -0.4 is 5.73 Å². The van der Waals surface area contributed by atoms with Crippen LogP contribution >= 0.6 is 24.2 Å². The first-order valence-corrected chi connectivity index (χ1v) is 12.1. The van der Waals surface area contributed by atoms with E-state index in [1.165, 1.54) is 48.2 Å². The minimum atomic E-state index is -1.37. The molecule has 2 fully saturated rings. The number of ether oxygens (including phenoxy) is 2. The van der Waals surface area contributed by atoms with E-state index >= 15 is 0 Å². The second-order valence-corrected chi connectivity index (χ2v) is 10.1. The number of fused-ring (bicyclic) bond motifs is 1. The number of rotatable bonds is 7. The SMILES string of the molecule is Cl.N[C@@]1(C(=O)OCc2ccc(F)cc2)C[C@H](SC2=NCC=N2)[C@H]2[C@H](C(=O)OCc3ccc(F)cc3)[C@H]21. The van der Waals surface area contributed by atoms with Gasteiger partial charge in [-0.05, 0) is 47.7 Å². The Morgan fingerprint density at radius 2 is 1.58 bits per heavy atom. The van der Waals surface area contributed by atoms with Gasteiger partial charge in [-0.3, -0.25) is 14.6 Å². The number of aliphatic imine (C=N–C) groups is 2. The first-order valence-electron chi connectivity index (χ1n) is 11.2. The van der Waals surface area contributed by atoms with Crippen molar-refractivity contribution in [3.63, 3.8) is 0 Å². The van der Waals surface area contributed by atoms with Crippen molar-refractivity contribution in [3.05, 3.63) is 71.3 Å². The zero-order valence-electron chi connectivity index (χ0n) is 19.0. The standard InChI is InChI=1S/C25H23F2N3O4S.ClH/c26-16-5-1-14(2-6-16)12-33-22(31)20-19-18(35-24-29-9-10-30-24)11-25(28,21(19)20)23(32)34-13-15-3-7-17(27)8-4-15;/h1-9,18-21H,10-13,28H2;1H/t18-,19-,20-,21-,25-;/m0./s1. The van der Waals surface area contributed by atoms with Gasteiger partial charge in [0.15, 0.2) is 5.17 Å². The topological polar surface area (TPSA) is 103 Å². The lowest BCUT2D eigenvalue weighted by Gasteiger charge is -2.27. The number of carbonyl (C=O) groups excluding carboxylic acids is 2. The molecule has 36 heavy (non-hydrogen) atoms. The molecule has 1 aliphatic heterocycles. The molecule has 0 unspecified atom stereocenters. The highest BCUT2D eigenvalue weighted by Gasteiger charge is 2.74. The van der Waals surface area contributed by atoms with E-state index in [0.29, 0.717) is 29.3 Å². The number of nitrogens with zero attached hydrogens (tertiary/aromatic N) is 2. The van der Waals surface area contributed by atoms with Gasteiger partial charge in [-0.1, -0.05) is 36.0 Å². The molecule has 2 N–H and O–H groups in total. The molecule has 0 aromatic heterocycles. The minimum absolute atomic E-state index is 0. The fourth-order valence-corrected chi connectivity index (χ4v) is 6.30. The third kappa shape index (κ3) is 5.30. The van der Waals surface area contributed by atoms with Crippen molar-refractivity contribution in [2.24, 2.45) is 33.5 Å². The smallest absolute Gasteiger partial charge is 0.326 e. The highest BCUT2D eigenvalue weighted by molar-refractivity contribution is 8.14. The van der Waals surface area contributed by atoms with E-state index < -0.39 is 29.3 Å². The molecule has 0 spiro atoms. The monoisotopic (exact) mass is 535 g/mol. The molecule has 2 saturated carbocycles. The maximum Gasteiger partial charge on any atom is 0.326 e. The van der Waals surface area contributed by atoms with Gasteiger partial charge in [0.1, 0.15) is 30.4 Å². The summed E-state index contributed by atoms with van der Waals surface area (Å²) >= 11 is 1.41. The number of halogens is 3. The van der Waals surface area contributed by atoms with Crippen LogP contribution in [0, 0.1) is 29.4 Å². The maximum absolute atomic E-state index is 13.2. The van der Waals surface area contributed by atoms with E-state index in [9.17, 15) is 18.4 Å². The number of amidine groups is 1. The summed E-state index contributed by atoms with van der Waals surface area (Å²) in [7, 11) is 0. The molecule has 11 heteroatoms. The molecule has 5 atom stereocenters. The average Bonchev–Trinajstić information content (AvgIpc) is 3.28. The second-order valence-electron chi connectivity index (χ2n) is 8.90. The van der Waals surface area contributed by atoms with Crippen LogP contribution in [0.5, 0.6) is 0 Å².